The minimum Gasteiger partial charge on any atom is -0.373 e. The first-order valence-corrected chi connectivity index (χ1v) is 9.39. The Bertz CT molecular complexity index is 688. The number of fused-ring (bicyclic) bond motifs is 1. The zero-order valence-corrected chi connectivity index (χ0v) is 16.0. The van der Waals surface area contributed by atoms with Crippen LogP contribution in [0.5, 0.6) is 0 Å². The minimum absolute atomic E-state index is 0.361. The average molecular weight is 345 g/mol. The molecule has 1 aliphatic heterocycles. The van der Waals surface area contributed by atoms with Crippen molar-refractivity contribution in [1.82, 2.24) is 25.0 Å². The van der Waals surface area contributed by atoms with E-state index in [1.165, 1.54) is 24.9 Å². The van der Waals surface area contributed by atoms with E-state index in [-0.39, 0.29) is 0 Å². The maximum absolute atomic E-state index is 5.78. The van der Waals surface area contributed by atoms with Crippen molar-refractivity contribution in [1.29, 1.82) is 0 Å². The van der Waals surface area contributed by atoms with E-state index in [0.29, 0.717) is 12.2 Å². The molecule has 2 unspecified atom stereocenters. The third-order valence-electron chi connectivity index (χ3n) is 4.82. The highest BCUT2D eigenvalue weighted by atomic mass is 16.5. The molecule has 0 amide bonds. The molecule has 2 aromatic rings. The molecule has 1 N–H and O–H groups in total. The lowest BCUT2D eigenvalue weighted by Gasteiger charge is -2.35. The zero-order chi connectivity index (χ0) is 17.8. The van der Waals surface area contributed by atoms with Crippen molar-refractivity contribution in [3.8, 4) is 0 Å². The molecule has 6 nitrogen and oxygen atoms in total. The molecule has 0 bridgehead atoms. The molecular formula is C19H31N5O. The smallest absolute Gasteiger partial charge is 0.157 e. The van der Waals surface area contributed by atoms with Gasteiger partial charge in [0.05, 0.1) is 17.9 Å². The summed E-state index contributed by atoms with van der Waals surface area (Å²) in [6.45, 7) is 11.6. The van der Waals surface area contributed by atoms with Gasteiger partial charge in [0, 0.05) is 38.3 Å². The van der Waals surface area contributed by atoms with Crippen LogP contribution < -0.4 is 5.32 Å². The van der Waals surface area contributed by atoms with E-state index in [4.69, 9.17) is 4.74 Å². The quantitative estimate of drug-likeness (QED) is 0.780. The normalized spacial score (nSPS) is 21.9. The molecule has 0 radical (unpaired) electrons. The monoisotopic (exact) mass is 345 g/mol. The van der Waals surface area contributed by atoms with Gasteiger partial charge in [0.2, 0.25) is 0 Å². The number of aromatic nitrogens is 3. The van der Waals surface area contributed by atoms with Gasteiger partial charge >= 0.3 is 0 Å². The summed E-state index contributed by atoms with van der Waals surface area (Å²) >= 11 is 0. The summed E-state index contributed by atoms with van der Waals surface area (Å²) in [5.41, 5.74) is 3.22. The molecule has 1 saturated heterocycles. The van der Waals surface area contributed by atoms with Gasteiger partial charge in [-0.3, -0.25) is 9.58 Å². The van der Waals surface area contributed by atoms with Crippen LogP contribution in [-0.2, 0) is 18.3 Å². The van der Waals surface area contributed by atoms with Crippen molar-refractivity contribution in [3.05, 3.63) is 23.5 Å². The number of nitrogens with one attached hydrogen (secondary N) is 1. The molecule has 0 saturated carbocycles. The van der Waals surface area contributed by atoms with E-state index in [1.54, 1.807) is 0 Å². The third-order valence-corrected chi connectivity index (χ3v) is 4.82. The fourth-order valence-electron chi connectivity index (χ4n) is 3.73. The van der Waals surface area contributed by atoms with Crippen molar-refractivity contribution in [2.75, 3.05) is 26.2 Å². The Morgan fingerprint density at radius 3 is 2.76 bits per heavy atom. The first kappa shape index (κ1) is 18.3. The number of hydrogen-bond donors (Lipinski definition) is 1. The first-order chi connectivity index (χ1) is 12.0. The maximum atomic E-state index is 5.78. The fourth-order valence-corrected chi connectivity index (χ4v) is 3.73. The van der Waals surface area contributed by atoms with E-state index in [9.17, 15) is 0 Å². The Morgan fingerprint density at radius 1 is 1.24 bits per heavy atom. The molecule has 2 aromatic heterocycles. The number of unbranched alkanes of at least 4 members (excludes halogenated alkanes) is 1. The van der Waals surface area contributed by atoms with E-state index in [0.717, 1.165) is 42.9 Å². The van der Waals surface area contributed by atoms with E-state index in [1.807, 2.05) is 24.9 Å². The van der Waals surface area contributed by atoms with E-state index in [2.05, 4.69) is 40.2 Å². The second-order valence-corrected chi connectivity index (χ2v) is 7.32. The number of nitrogens with zero attached hydrogens (tertiary/aromatic N) is 4. The summed E-state index contributed by atoms with van der Waals surface area (Å²) in [5.74, 6) is 0. The van der Waals surface area contributed by atoms with Gasteiger partial charge in [0.1, 0.15) is 0 Å². The molecule has 1 aliphatic rings. The second-order valence-electron chi connectivity index (χ2n) is 7.32. The van der Waals surface area contributed by atoms with Gasteiger partial charge in [-0.15, -0.1) is 0 Å². The van der Waals surface area contributed by atoms with Crippen LogP contribution in [0.25, 0.3) is 11.0 Å². The Hall–Kier alpha value is -1.50. The minimum atomic E-state index is 0.361. The molecule has 2 atom stereocenters. The predicted molar refractivity (Wildman–Crippen MR) is 101 cm³/mol. The highest BCUT2D eigenvalue weighted by Crippen LogP contribution is 2.16. The van der Waals surface area contributed by atoms with Crippen LogP contribution in [0.2, 0.25) is 0 Å². The van der Waals surface area contributed by atoms with Crippen LogP contribution in [0.1, 0.15) is 37.9 Å². The fraction of sp³-hybridized carbons (Fsp3) is 0.684. The van der Waals surface area contributed by atoms with Crippen molar-refractivity contribution in [3.63, 3.8) is 0 Å². The molecule has 1 fully saturated rings. The highest BCUT2D eigenvalue weighted by Gasteiger charge is 2.21. The van der Waals surface area contributed by atoms with E-state index >= 15 is 0 Å². The summed E-state index contributed by atoms with van der Waals surface area (Å²) in [6, 6.07) is 2.20. The summed E-state index contributed by atoms with van der Waals surface area (Å²) in [4.78, 5) is 7.06. The van der Waals surface area contributed by atoms with Crippen LogP contribution >= 0.6 is 0 Å². The highest BCUT2D eigenvalue weighted by molar-refractivity contribution is 5.78. The van der Waals surface area contributed by atoms with Gasteiger partial charge in [0.15, 0.2) is 5.65 Å². The number of aryl methyl sites for hydroxylation is 2. The summed E-state index contributed by atoms with van der Waals surface area (Å²) in [6.07, 6.45) is 5.10. The topological polar surface area (TPSA) is 55.2 Å². The lowest BCUT2D eigenvalue weighted by molar-refractivity contribution is -0.0681. The van der Waals surface area contributed by atoms with Crippen molar-refractivity contribution >= 4 is 11.0 Å². The van der Waals surface area contributed by atoms with Crippen molar-refractivity contribution in [2.24, 2.45) is 7.05 Å². The van der Waals surface area contributed by atoms with Crippen molar-refractivity contribution < 1.29 is 4.74 Å². The summed E-state index contributed by atoms with van der Waals surface area (Å²) in [5, 5.41) is 9.12. The number of hydrogen-bond acceptors (Lipinski definition) is 5. The SMILES string of the molecule is Cc1nn(C)c2ncc(CNCCCCN3CC(C)OC(C)C3)cc12. The lowest BCUT2D eigenvalue weighted by Crippen LogP contribution is -2.45. The Kier molecular flexibility index (Phi) is 6.04. The van der Waals surface area contributed by atoms with Crippen LogP contribution in [0, 0.1) is 6.92 Å². The van der Waals surface area contributed by atoms with Crippen LogP contribution in [0.3, 0.4) is 0 Å². The molecule has 25 heavy (non-hydrogen) atoms. The molecule has 6 heteroatoms. The van der Waals surface area contributed by atoms with Gasteiger partial charge < -0.3 is 10.1 Å². The standard InChI is InChI=1S/C19H31N5O/c1-14-12-24(13-15(2)25-14)8-6-5-7-20-10-17-9-18-16(3)22-23(4)19(18)21-11-17/h9,11,14-15,20H,5-8,10,12-13H2,1-4H3. The number of ether oxygens (including phenoxy) is 1. The van der Waals surface area contributed by atoms with Gasteiger partial charge in [-0.2, -0.15) is 5.10 Å². The number of pyridine rings is 1. The molecule has 0 aliphatic carbocycles. The Morgan fingerprint density at radius 2 is 2.00 bits per heavy atom. The van der Waals surface area contributed by atoms with Gasteiger partial charge in [-0.1, -0.05) is 0 Å². The molecule has 0 aromatic carbocycles. The molecule has 3 heterocycles. The molecular weight excluding hydrogens is 314 g/mol. The van der Waals surface area contributed by atoms with Crippen molar-refractivity contribution in [2.45, 2.75) is 52.4 Å². The predicted octanol–water partition coefficient (Wildman–Crippen LogP) is 2.26. The first-order valence-electron chi connectivity index (χ1n) is 9.39. The summed E-state index contributed by atoms with van der Waals surface area (Å²) < 4.78 is 7.63. The Balaban J connectivity index is 1.37. The maximum Gasteiger partial charge on any atom is 0.157 e. The lowest BCUT2D eigenvalue weighted by atomic mass is 10.2. The number of morpholine rings is 1. The van der Waals surface area contributed by atoms with Gasteiger partial charge in [-0.05, 0) is 58.3 Å². The van der Waals surface area contributed by atoms with Gasteiger partial charge in [-0.25, -0.2) is 4.98 Å². The molecule has 3 rings (SSSR count). The van der Waals surface area contributed by atoms with Crippen LogP contribution in [0.4, 0.5) is 0 Å². The zero-order valence-electron chi connectivity index (χ0n) is 16.0. The molecule has 0 spiro atoms. The Labute approximate surface area is 150 Å². The van der Waals surface area contributed by atoms with Crippen LogP contribution in [-0.4, -0.2) is 58.1 Å². The third kappa shape index (κ3) is 4.77. The van der Waals surface area contributed by atoms with Crippen LogP contribution in [0.15, 0.2) is 12.3 Å². The summed E-state index contributed by atoms with van der Waals surface area (Å²) in [7, 11) is 1.94. The average Bonchev–Trinajstić information content (AvgIpc) is 2.84. The van der Waals surface area contributed by atoms with E-state index < -0.39 is 0 Å². The van der Waals surface area contributed by atoms with Gasteiger partial charge in [0.25, 0.3) is 0 Å². The largest absolute Gasteiger partial charge is 0.373 e. The number of rotatable bonds is 7. The molecule has 138 valence electrons. The second kappa shape index (κ2) is 8.25.